The normalized spacial score (nSPS) is 10.4. The van der Waals surface area contributed by atoms with Gasteiger partial charge >= 0.3 is 0 Å². The van der Waals surface area contributed by atoms with Gasteiger partial charge in [0.2, 0.25) is 5.88 Å². The molecule has 0 unspecified atom stereocenters. The van der Waals surface area contributed by atoms with E-state index in [2.05, 4.69) is 0 Å². The first-order valence-corrected chi connectivity index (χ1v) is 8.60. The summed E-state index contributed by atoms with van der Waals surface area (Å²) in [5.74, 6) is -0.307. The van der Waals surface area contributed by atoms with E-state index in [1.54, 1.807) is 24.3 Å². The van der Waals surface area contributed by atoms with Crippen LogP contribution < -0.4 is 10.3 Å². The second-order valence-corrected chi connectivity index (χ2v) is 5.97. The Kier molecular flexibility index (Phi) is 6.18. The van der Waals surface area contributed by atoms with Crippen molar-refractivity contribution in [1.82, 2.24) is 4.57 Å². The number of benzene rings is 1. The fraction of sp³-hybridized carbons (Fsp3) is 0.350. The molecule has 2 aromatic rings. The van der Waals surface area contributed by atoms with Gasteiger partial charge in [0.05, 0.1) is 12.2 Å². The topological polar surface area (TPSA) is 92.3 Å². The van der Waals surface area contributed by atoms with E-state index in [9.17, 15) is 20.0 Å². The predicted molar refractivity (Wildman–Crippen MR) is 97.8 cm³/mol. The fourth-order valence-electron chi connectivity index (χ4n) is 2.75. The molecule has 1 heterocycles. The number of nitriles is 1. The minimum Gasteiger partial charge on any atom is -0.494 e. The predicted octanol–water partition coefficient (Wildman–Crippen LogP) is 3.16. The zero-order valence-corrected chi connectivity index (χ0v) is 15.2. The number of rotatable bonds is 7. The maximum Gasteiger partial charge on any atom is 0.271 e. The average Bonchev–Trinajstić information content (AvgIpc) is 2.64. The molecule has 0 atom stereocenters. The molecule has 0 fully saturated rings. The van der Waals surface area contributed by atoms with Crippen molar-refractivity contribution >= 4 is 5.78 Å². The van der Waals surface area contributed by atoms with E-state index < -0.39 is 17.2 Å². The Labute approximate surface area is 152 Å². The molecule has 0 spiro atoms. The molecular formula is C20H22N2O4. The molecule has 0 aliphatic carbocycles. The van der Waals surface area contributed by atoms with Crippen molar-refractivity contribution in [1.29, 1.82) is 5.26 Å². The molecule has 0 aliphatic heterocycles. The molecule has 1 aromatic heterocycles. The van der Waals surface area contributed by atoms with Crippen LogP contribution in [0.5, 0.6) is 11.6 Å². The van der Waals surface area contributed by atoms with Crippen molar-refractivity contribution in [2.75, 3.05) is 6.61 Å². The molecule has 0 saturated carbocycles. The summed E-state index contributed by atoms with van der Waals surface area (Å²) in [5.41, 5.74) is -0.226. The standard InChI is InChI=1S/C20H22N2O4/c1-4-9-22-19(24)16(12-21)13(3)17(20(22)25)18(23)14-7-6-8-15(11-14)26-10-5-2/h6-8,11,25H,4-5,9-10H2,1-3H3. The summed E-state index contributed by atoms with van der Waals surface area (Å²) in [6.07, 6.45) is 1.42. The molecule has 0 radical (unpaired) electrons. The minimum atomic E-state index is -0.582. The Bertz CT molecular complexity index is 923. The van der Waals surface area contributed by atoms with Crippen LogP contribution in [-0.2, 0) is 6.54 Å². The summed E-state index contributed by atoms with van der Waals surface area (Å²) < 4.78 is 6.63. The first-order valence-electron chi connectivity index (χ1n) is 8.60. The average molecular weight is 354 g/mol. The number of ketones is 1. The number of carbonyl (C=O) groups excluding carboxylic acids is 1. The maximum atomic E-state index is 13.0. The van der Waals surface area contributed by atoms with Crippen molar-refractivity contribution in [2.24, 2.45) is 0 Å². The molecular weight excluding hydrogens is 332 g/mol. The van der Waals surface area contributed by atoms with Crippen LogP contribution in [0, 0.1) is 18.3 Å². The van der Waals surface area contributed by atoms with E-state index in [0.29, 0.717) is 24.3 Å². The zero-order chi connectivity index (χ0) is 19.3. The molecule has 0 bridgehead atoms. The van der Waals surface area contributed by atoms with Crippen LogP contribution in [0.1, 0.15) is 53.7 Å². The van der Waals surface area contributed by atoms with Gasteiger partial charge in [0.25, 0.3) is 5.56 Å². The van der Waals surface area contributed by atoms with E-state index in [-0.39, 0.29) is 23.2 Å². The monoisotopic (exact) mass is 354 g/mol. The number of carbonyl (C=O) groups is 1. The van der Waals surface area contributed by atoms with Crippen molar-refractivity contribution in [2.45, 2.75) is 40.2 Å². The highest BCUT2D eigenvalue weighted by Crippen LogP contribution is 2.26. The van der Waals surface area contributed by atoms with Crippen LogP contribution in [-0.4, -0.2) is 22.1 Å². The van der Waals surface area contributed by atoms with Crippen molar-refractivity contribution in [3.05, 3.63) is 56.9 Å². The van der Waals surface area contributed by atoms with E-state index in [1.165, 1.54) is 6.92 Å². The Morgan fingerprint density at radius 2 is 2.04 bits per heavy atom. The third-order valence-corrected chi connectivity index (χ3v) is 4.04. The minimum absolute atomic E-state index is 0.0257. The number of aromatic hydroxyl groups is 1. The first-order chi connectivity index (χ1) is 12.5. The fourth-order valence-corrected chi connectivity index (χ4v) is 2.75. The molecule has 6 nitrogen and oxygen atoms in total. The van der Waals surface area contributed by atoms with E-state index >= 15 is 0 Å². The quantitative estimate of drug-likeness (QED) is 0.771. The lowest BCUT2D eigenvalue weighted by Gasteiger charge is -2.15. The van der Waals surface area contributed by atoms with Gasteiger partial charge in [-0.15, -0.1) is 0 Å². The highest BCUT2D eigenvalue weighted by molar-refractivity contribution is 6.11. The third kappa shape index (κ3) is 3.62. The first kappa shape index (κ1) is 19.3. The Morgan fingerprint density at radius 1 is 1.31 bits per heavy atom. The van der Waals surface area contributed by atoms with Gasteiger partial charge in [-0.3, -0.25) is 14.2 Å². The largest absolute Gasteiger partial charge is 0.494 e. The molecule has 136 valence electrons. The second kappa shape index (κ2) is 8.34. The third-order valence-electron chi connectivity index (χ3n) is 4.04. The number of hydrogen-bond acceptors (Lipinski definition) is 5. The van der Waals surface area contributed by atoms with Gasteiger partial charge in [-0.25, -0.2) is 0 Å². The van der Waals surface area contributed by atoms with Gasteiger partial charge in [-0.2, -0.15) is 5.26 Å². The lowest BCUT2D eigenvalue weighted by Crippen LogP contribution is -2.26. The number of ether oxygens (including phenoxy) is 1. The molecule has 2 rings (SSSR count). The van der Waals surface area contributed by atoms with Gasteiger partial charge in [0, 0.05) is 12.1 Å². The van der Waals surface area contributed by atoms with Gasteiger partial charge in [0.1, 0.15) is 17.4 Å². The number of nitrogens with zero attached hydrogens (tertiary/aromatic N) is 2. The number of hydrogen-bond donors (Lipinski definition) is 1. The van der Waals surface area contributed by atoms with Crippen molar-refractivity contribution in [3.8, 4) is 17.7 Å². The maximum absolute atomic E-state index is 13.0. The highest BCUT2D eigenvalue weighted by atomic mass is 16.5. The second-order valence-electron chi connectivity index (χ2n) is 5.97. The van der Waals surface area contributed by atoms with Gasteiger partial charge in [0.15, 0.2) is 5.78 Å². The molecule has 26 heavy (non-hydrogen) atoms. The highest BCUT2D eigenvalue weighted by Gasteiger charge is 2.24. The molecule has 6 heteroatoms. The lowest BCUT2D eigenvalue weighted by molar-refractivity contribution is 0.103. The smallest absolute Gasteiger partial charge is 0.271 e. The lowest BCUT2D eigenvalue weighted by atomic mass is 9.97. The van der Waals surface area contributed by atoms with Crippen molar-refractivity contribution in [3.63, 3.8) is 0 Å². The van der Waals surface area contributed by atoms with E-state index in [1.807, 2.05) is 19.9 Å². The summed E-state index contributed by atoms with van der Waals surface area (Å²) in [6.45, 7) is 6.08. The van der Waals surface area contributed by atoms with Crippen LogP contribution in [0.2, 0.25) is 0 Å². The van der Waals surface area contributed by atoms with Crippen molar-refractivity contribution < 1.29 is 14.6 Å². The number of pyridine rings is 1. The van der Waals surface area contributed by atoms with Crippen LogP contribution in [0.3, 0.4) is 0 Å². The summed E-state index contributed by atoms with van der Waals surface area (Å²) in [7, 11) is 0. The van der Waals surface area contributed by atoms with Crippen LogP contribution in [0.25, 0.3) is 0 Å². The SMILES string of the molecule is CCCOc1cccc(C(=O)c2c(C)c(C#N)c(=O)n(CCC)c2O)c1. The van der Waals surface area contributed by atoms with E-state index in [4.69, 9.17) is 4.74 Å². The van der Waals surface area contributed by atoms with Crippen LogP contribution in [0.15, 0.2) is 29.1 Å². The van der Waals surface area contributed by atoms with Crippen LogP contribution in [0.4, 0.5) is 0 Å². The summed E-state index contributed by atoms with van der Waals surface area (Å²) >= 11 is 0. The number of aromatic nitrogens is 1. The molecule has 1 N–H and O–H groups in total. The summed E-state index contributed by atoms with van der Waals surface area (Å²) in [6, 6.07) is 8.50. The Morgan fingerprint density at radius 3 is 2.65 bits per heavy atom. The van der Waals surface area contributed by atoms with E-state index in [0.717, 1.165) is 11.0 Å². The zero-order valence-electron chi connectivity index (χ0n) is 15.2. The van der Waals surface area contributed by atoms with Gasteiger partial charge in [-0.05, 0) is 37.5 Å². The van der Waals surface area contributed by atoms with Gasteiger partial charge in [-0.1, -0.05) is 26.0 Å². The Balaban J connectivity index is 2.61. The van der Waals surface area contributed by atoms with Gasteiger partial charge < -0.3 is 9.84 Å². The molecule has 0 aliphatic rings. The molecule has 0 saturated heterocycles. The Hall–Kier alpha value is -3.07. The molecule has 0 amide bonds. The summed E-state index contributed by atoms with van der Waals surface area (Å²) in [4.78, 5) is 25.4. The molecule has 1 aromatic carbocycles. The summed E-state index contributed by atoms with van der Waals surface area (Å²) in [5, 5.41) is 19.9. The van der Waals surface area contributed by atoms with Crippen LogP contribution >= 0.6 is 0 Å².